The largest absolute Gasteiger partial charge is 0.433 e. The summed E-state index contributed by atoms with van der Waals surface area (Å²) in [4.78, 5) is 8.09. The van der Waals surface area contributed by atoms with E-state index in [2.05, 4.69) is 20.4 Å². The van der Waals surface area contributed by atoms with Gasteiger partial charge in [0.05, 0.1) is 11.5 Å². The van der Waals surface area contributed by atoms with Crippen molar-refractivity contribution < 1.29 is 21.6 Å². The minimum absolute atomic E-state index is 0.185. The quantitative estimate of drug-likeness (QED) is 0.681. The Hall–Kier alpha value is -2.01. The van der Waals surface area contributed by atoms with Crippen LogP contribution in [0.15, 0.2) is 18.3 Å². The van der Waals surface area contributed by atoms with Gasteiger partial charge in [-0.05, 0) is 57.8 Å². The summed E-state index contributed by atoms with van der Waals surface area (Å²) < 4.78 is 61.5. The van der Waals surface area contributed by atoms with E-state index in [-0.39, 0.29) is 5.41 Å². The molecule has 1 aliphatic carbocycles. The van der Waals surface area contributed by atoms with Gasteiger partial charge in [-0.25, -0.2) is 18.1 Å². The van der Waals surface area contributed by atoms with Crippen molar-refractivity contribution in [3.63, 3.8) is 0 Å². The number of halogens is 3. The maximum atomic E-state index is 12.6. The highest BCUT2D eigenvalue weighted by molar-refractivity contribution is 7.92. The number of aryl methyl sites for hydroxylation is 1. The summed E-state index contributed by atoms with van der Waals surface area (Å²) in [6.45, 7) is 4.69. The van der Waals surface area contributed by atoms with Gasteiger partial charge in [0.1, 0.15) is 11.5 Å². The molecular formula is C23H32F3N5O2S. The van der Waals surface area contributed by atoms with Crippen LogP contribution in [0.5, 0.6) is 0 Å². The van der Waals surface area contributed by atoms with Crippen LogP contribution in [0, 0.1) is 5.41 Å². The van der Waals surface area contributed by atoms with Gasteiger partial charge in [-0.3, -0.25) is 4.98 Å². The lowest BCUT2D eigenvalue weighted by Crippen LogP contribution is -2.53. The maximum absolute atomic E-state index is 12.6. The lowest BCUT2D eigenvalue weighted by molar-refractivity contribution is -0.141. The Morgan fingerprint density at radius 2 is 1.79 bits per heavy atom. The van der Waals surface area contributed by atoms with E-state index in [1.54, 1.807) is 0 Å². The summed E-state index contributed by atoms with van der Waals surface area (Å²) in [6.07, 6.45) is 4.71. The number of hydrogen-bond acceptors (Lipinski definition) is 6. The molecule has 1 saturated carbocycles. The van der Waals surface area contributed by atoms with Gasteiger partial charge in [-0.15, -0.1) is 0 Å². The summed E-state index contributed by atoms with van der Waals surface area (Å²) in [7, 11) is -2.62. The highest BCUT2D eigenvalue weighted by atomic mass is 32.2. The van der Waals surface area contributed by atoms with E-state index in [1.807, 2.05) is 11.6 Å². The molecule has 2 aromatic heterocycles. The van der Waals surface area contributed by atoms with Crippen LogP contribution in [-0.2, 0) is 22.6 Å². The fourth-order valence-corrected chi connectivity index (χ4v) is 7.56. The number of piperidine rings is 1. The fraction of sp³-hybridized carbons (Fsp3) is 0.696. The summed E-state index contributed by atoms with van der Waals surface area (Å²) >= 11 is 0. The second-order valence-electron chi connectivity index (χ2n) is 9.66. The van der Waals surface area contributed by atoms with Gasteiger partial charge in [0.25, 0.3) is 0 Å². The van der Waals surface area contributed by atoms with E-state index in [0.29, 0.717) is 35.4 Å². The molecule has 5 rings (SSSR count). The molecular weight excluding hydrogens is 467 g/mol. The van der Waals surface area contributed by atoms with Crippen LogP contribution in [0.3, 0.4) is 0 Å². The SMILES string of the molecule is CCn1nc(-c2ccc(C(F)(F)F)nc2)nc1C1CCCCC1.O=S1(=O)CC2(CCNCC2)C1. The highest BCUT2D eigenvalue weighted by Gasteiger charge is 2.48. The molecule has 2 saturated heterocycles. The maximum Gasteiger partial charge on any atom is 0.433 e. The van der Waals surface area contributed by atoms with Crippen molar-refractivity contribution >= 4 is 9.84 Å². The normalized spacial score (nSPS) is 22.0. The number of alkyl halides is 3. The predicted molar refractivity (Wildman–Crippen MR) is 123 cm³/mol. The average Bonchev–Trinajstić information content (AvgIpc) is 3.23. The Balaban J connectivity index is 0.000000207. The fourth-order valence-electron chi connectivity index (χ4n) is 5.20. The lowest BCUT2D eigenvalue weighted by atomic mass is 9.82. The van der Waals surface area contributed by atoms with Crippen molar-refractivity contribution in [2.75, 3.05) is 24.6 Å². The molecule has 2 aromatic rings. The third kappa shape index (κ3) is 5.79. The van der Waals surface area contributed by atoms with Gasteiger partial charge in [-0.2, -0.15) is 18.3 Å². The number of rotatable bonds is 3. The van der Waals surface area contributed by atoms with Gasteiger partial charge < -0.3 is 5.32 Å². The Kier molecular flexibility index (Phi) is 7.33. The molecule has 11 heteroatoms. The van der Waals surface area contributed by atoms with Crippen LogP contribution in [0.1, 0.15) is 69.3 Å². The average molecular weight is 500 g/mol. The number of nitrogens with zero attached hydrogens (tertiary/aromatic N) is 4. The van der Waals surface area contributed by atoms with Crippen LogP contribution in [0.2, 0.25) is 0 Å². The van der Waals surface area contributed by atoms with E-state index in [9.17, 15) is 21.6 Å². The van der Waals surface area contributed by atoms with Crippen molar-refractivity contribution in [1.82, 2.24) is 25.1 Å². The highest BCUT2D eigenvalue weighted by Crippen LogP contribution is 2.40. The van der Waals surface area contributed by atoms with E-state index in [4.69, 9.17) is 0 Å². The predicted octanol–water partition coefficient (Wildman–Crippen LogP) is 4.21. The second kappa shape index (κ2) is 9.93. The van der Waals surface area contributed by atoms with Crippen LogP contribution >= 0.6 is 0 Å². The number of hydrogen-bond donors (Lipinski definition) is 1. The molecule has 1 spiro atoms. The van der Waals surface area contributed by atoms with Crippen LogP contribution in [0.4, 0.5) is 13.2 Å². The molecule has 0 unspecified atom stereocenters. The summed E-state index contributed by atoms with van der Waals surface area (Å²) in [6, 6.07) is 2.36. The summed E-state index contributed by atoms with van der Waals surface area (Å²) in [5.41, 5.74) is -0.199. The smallest absolute Gasteiger partial charge is 0.317 e. The number of aromatic nitrogens is 4. The zero-order valence-corrected chi connectivity index (χ0v) is 20.3. The van der Waals surface area contributed by atoms with Crippen molar-refractivity contribution in [3.05, 3.63) is 29.8 Å². The molecule has 4 heterocycles. The van der Waals surface area contributed by atoms with E-state index < -0.39 is 21.7 Å². The Morgan fingerprint density at radius 1 is 1.12 bits per heavy atom. The molecule has 0 amide bonds. The first kappa shape index (κ1) is 25.1. The van der Waals surface area contributed by atoms with E-state index in [0.717, 1.165) is 50.7 Å². The van der Waals surface area contributed by atoms with Crippen LogP contribution in [0.25, 0.3) is 11.4 Å². The molecule has 188 valence electrons. The lowest BCUT2D eigenvalue weighted by Gasteiger charge is -2.44. The molecule has 3 fully saturated rings. The standard InChI is InChI=1S/C16H19F3N4.C7H13NO2S/c1-2-23-15(11-6-4-3-5-7-11)21-14(22-23)12-8-9-13(20-10-12)16(17,18)19;9-11(10)5-7(6-11)1-3-8-4-2-7/h8-11H,2-7H2,1H3;8H,1-6H2. The first-order chi connectivity index (χ1) is 16.1. The van der Waals surface area contributed by atoms with Gasteiger partial charge in [0.2, 0.25) is 0 Å². The number of sulfone groups is 1. The van der Waals surface area contributed by atoms with Crippen LogP contribution < -0.4 is 5.32 Å². The molecule has 0 bridgehead atoms. The molecule has 0 radical (unpaired) electrons. The number of pyridine rings is 1. The summed E-state index contributed by atoms with van der Waals surface area (Å²) in [5.74, 6) is 2.69. The molecule has 0 aromatic carbocycles. The number of nitrogens with one attached hydrogen (secondary N) is 1. The summed E-state index contributed by atoms with van der Waals surface area (Å²) in [5, 5.41) is 7.69. The third-order valence-corrected chi connectivity index (χ3v) is 9.10. The molecule has 7 nitrogen and oxygen atoms in total. The van der Waals surface area contributed by atoms with Crippen LogP contribution in [-0.4, -0.2) is 52.8 Å². The van der Waals surface area contributed by atoms with E-state index >= 15 is 0 Å². The first-order valence-electron chi connectivity index (χ1n) is 12.0. The molecule has 1 N–H and O–H groups in total. The van der Waals surface area contributed by atoms with Crippen molar-refractivity contribution in [2.24, 2.45) is 5.41 Å². The van der Waals surface area contributed by atoms with Gasteiger partial charge >= 0.3 is 6.18 Å². The minimum atomic E-state index is -4.43. The van der Waals surface area contributed by atoms with Gasteiger partial charge in [-0.1, -0.05) is 19.3 Å². The van der Waals surface area contributed by atoms with Crippen molar-refractivity contribution in [1.29, 1.82) is 0 Å². The second-order valence-corrected chi connectivity index (χ2v) is 11.7. The van der Waals surface area contributed by atoms with Gasteiger partial charge in [0, 0.05) is 29.6 Å². The van der Waals surface area contributed by atoms with Crippen molar-refractivity contribution in [3.8, 4) is 11.4 Å². The first-order valence-corrected chi connectivity index (χ1v) is 13.8. The Morgan fingerprint density at radius 3 is 2.32 bits per heavy atom. The van der Waals surface area contributed by atoms with E-state index in [1.165, 1.54) is 31.5 Å². The molecule has 3 aliphatic rings. The monoisotopic (exact) mass is 499 g/mol. The molecule has 2 aliphatic heterocycles. The molecule has 34 heavy (non-hydrogen) atoms. The van der Waals surface area contributed by atoms with Crippen molar-refractivity contribution in [2.45, 2.75) is 70.5 Å². The van der Waals surface area contributed by atoms with Gasteiger partial charge in [0.15, 0.2) is 15.7 Å². The Bertz CT molecular complexity index is 1060. The topological polar surface area (TPSA) is 89.8 Å². The zero-order chi connectivity index (χ0) is 24.4. The minimum Gasteiger partial charge on any atom is -0.317 e. The zero-order valence-electron chi connectivity index (χ0n) is 19.4. The molecule has 0 atom stereocenters. The Labute approximate surface area is 198 Å². The third-order valence-electron chi connectivity index (χ3n) is 7.00.